The zero-order valence-electron chi connectivity index (χ0n) is 16.8. The predicted molar refractivity (Wildman–Crippen MR) is 107 cm³/mol. The summed E-state index contributed by atoms with van der Waals surface area (Å²) in [6.45, 7) is 6.84. The van der Waals surface area contributed by atoms with E-state index in [-0.39, 0.29) is 29.2 Å². The molecule has 1 aromatic carbocycles. The number of nitrogens with one attached hydrogen (secondary N) is 2. The molecule has 2 N–H and O–H groups in total. The molecular formula is C22H33N3O2. The summed E-state index contributed by atoms with van der Waals surface area (Å²) in [5.74, 6) is 0.835. The van der Waals surface area contributed by atoms with Crippen LogP contribution in [0, 0.1) is 17.3 Å². The van der Waals surface area contributed by atoms with Crippen molar-refractivity contribution in [2.45, 2.75) is 45.6 Å². The molecule has 5 heteroatoms. The number of hydrogen-bond donors (Lipinski definition) is 2. The van der Waals surface area contributed by atoms with Crippen LogP contribution in [-0.4, -0.2) is 49.4 Å². The molecule has 2 fully saturated rings. The van der Waals surface area contributed by atoms with Gasteiger partial charge in [-0.1, -0.05) is 44.2 Å². The van der Waals surface area contributed by atoms with Gasteiger partial charge in [0.1, 0.15) is 0 Å². The Kier molecular flexibility index (Phi) is 6.20. The average Bonchev–Trinajstić information content (AvgIpc) is 3.24. The minimum absolute atomic E-state index is 0.00950. The van der Waals surface area contributed by atoms with Crippen molar-refractivity contribution in [3.05, 3.63) is 35.9 Å². The molecule has 27 heavy (non-hydrogen) atoms. The molecule has 1 saturated carbocycles. The van der Waals surface area contributed by atoms with Gasteiger partial charge in [-0.15, -0.1) is 0 Å². The fourth-order valence-electron chi connectivity index (χ4n) is 4.57. The molecule has 2 amide bonds. The molecule has 1 aromatic rings. The summed E-state index contributed by atoms with van der Waals surface area (Å²) in [5.41, 5.74) is 1.32. The van der Waals surface area contributed by atoms with Crippen molar-refractivity contribution in [2.24, 2.45) is 17.3 Å². The standard InChI is InChI=1S/C22H33N3O2/c1-16(2)14-25-15-22(13-19(25)21(27)23-3)12-18(22)20(26)24-11-7-10-17-8-5-4-6-9-17/h4-6,8-9,16,18-19H,7,10-15H2,1-3H3,(H,23,27)(H,24,26)/t18-,19+,22+/m1/s1. The lowest BCUT2D eigenvalue weighted by atomic mass is 9.99. The molecule has 0 unspecified atom stereocenters. The van der Waals surface area contributed by atoms with Gasteiger partial charge < -0.3 is 10.6 Å². The second-order valence-corrected chi connectivity index (χ2v) is 8.66. The highest BCUT2D eigenvalue weighted by Crippen LogP contribution is 2.60. The maximum absolute atomic E-state index is 12.6. The molecule has 0 radical (unpaired) electrons. The van der Waals surface area contributed by atoms with Gasteiger partial charge in [-0.05, 0) is 42.6 Å². The normalized spacial score (nSPS) is 27.1. The molecule has 2 aliphatic rings. The first kappa shape index (κ1) is 19.9. The molecule has 1 saturated heterocycles. The van der Waals surface area contributed by atoms with E-state index in [2.05, 4.69) is 41.5 Å². The van der Waals surface area contributed by atoms with Gasteiger partial charge in [-0.25, -0.2) is 0 Å². The van der Waals surface area contributed by atoms with Gasteiger partial charge in [-0.3, -0.25) is 14.5 Å². The van der Waals surface area contributed by atoms with Gasteiger partial charge in [0.25, 0.3) is 0 Å². The van der Waals surface area contributed by atoms with E-state index in [9.17, 15) is 9.59 Å². The van der Waals surface area contributed by atoms with E-state index in [4.69, 9.17) is 0 Å². The number of carbonyl (C=O) groups excluding carboxylic acids is 2. The van der Waals surface area contributed by atoms with Gasteiger partial charge in [0, 0.05) is 32.6 Å². The first-order valence-corrected chi connectivity index (χ1v) is 10.2. The van der Waals surface area contributed by atoms with Crippen LogP contribution in [0.15, 0.2) is 30.3 Å². The second-order valence-electron chi connectivity index (χ2n) is 8.66. The molecule has 1 aliphatic carbocycles. The van der Waals surface area contributed by atoms with Crippen molar-refractivity contribution < 1.29 is 9.59 Å². The summed E-state index contributed by atoms with van der Waals surface area (Å²) in [6.07, 6.45) is 3.66. The Labute approximate surface area is 162 Å². The summed E-state index contributed by atoms with van der Waals surface area (Å²) in [5, 5.41) is 5.92. The number of likely N-dealkylation sites (tertiary alicyclic amines) is 1. The minimum atomic E-state index is -0.0896. The van der Waals surface area contributed by atoms with Crippen LogP contribution in [0.2, 0.25) is 0 Å². The lowest BCUT2D eigenvalue weighted by Crippen LogP contribution is -2.43. The van der Waals surface area contributed by atoms with E-state index in [0.717, 1.165) is 45.3 Å². The maximum Gasteiger partial charge on any atom is 0.237 e. The summed E-state index contributed by atoms with van der Waals surface area (Å²) in [6, 6.07) is 10.3. The van der Waals surface area contributed by atoms with E-state index < -0.39 is 0 Å². The van der Waals surface area contributed by atoms with Crippen LogP contribution in [0.4, 0.5) is 0 Å². The highest BCUT2D eigenvalue weighted by Gasteiger charge is 2.63. The zero-order chi connectivity index (χ0) is 19.4. The molecule has 1 aliphatic heterocycles. The predicted octanol–water partition coefficient (Wildman–Crippen LogP) is 2.22. The SMILES string of the molecule is CNC(=O)[C@@H]1C[C@@]2(C[C@@H]2C(=O)NCCCc2ccccc2)CN1CC(C)C. The highest BCUT2D eigenvalue weighted by molar-refractivity contribution is 5.85. The molecule has 1 heterocycles. The highest BCUT2D eigenvalue weighted by atomic mass is 16.2. The maximum atomic E-state index is 12.6. The lowest BCUT2D eigenvalue weighted by molar-refractivity contribution is -0.125. The molecule has 0 aromatic heterocycles. The summed E-state index contributed by atoms with van der Waals surface area (Å²) >= 11 is 0. The van der Waals surface area contributed by atoms with Crippen molar-refractivity contribution in [1.82, 2.24) is 15.5 Å². The van der Waals surface area contributed by atoms with Crippen LogP contribution in [0.1, 0.15) is 38.7 Å². The quantitative estimate of drug-likeness (QED) is 0.689. The topological polar surface area (TPSA) is 61.4 Å². The van der Waals surface area contributed by atoms with Gasteiger partial charge >= 0.3 is 0 Å². The van der Waals surface area contributed by atoms with Crippen molar-refractivity contribution in [3.8, 4) is 0 Å². The largest absolute Gasteiger partial charge is 0.358 e. The smallest absolute Gasteiger partial charge is 0.237 e. The molecule has 148 valence electrons. The lowest BCUT2D eigenvalue weighted by Gasteiger charge is -2.24. The number of amides is 2. The summed E-state index contributed by atoms with van der Waals surface area (Å²) in [4.78, 5) is 27.2. The van der Waals surface area contributed by atoms with Crippen molar-refractivity contribution in [2.75, 3.05) is 26.7 Å². The Balaban J connectivity index is 1.48. The van der Waals surface area contributed by atoms with Crippen molar-refractivity contribution in [1.29, 1.82) is 0 Å². The van der Waals surface area contributed by atoms with E-state index in [1.807, 2.05) is 18.2 Å². The zero-order valence-corrected chi connectivity index (χ0v) is 16.8. The third kappa shape index (κ3) is 4.70. The molecule has 1 spiro atoms. The third-order valence-corrected chi connectivity index (χ3v) is 6.00. The first-order valence-electron chi connectivity index (χ1n) is 10.2. The van der Waals surface area contributed by atoms with Crippen LogP contribution in [-0.2, 0) is 16.0 Å². The second kappa shape index (κ2) is 8.42. The average molecular weight is 372 g/mol. The van der Waals surface area contributed by atoms with Gasteiger partial charge in [0.05, 0.1) is 6.04 Å². The fourth-order valence-corrected chi connectivity index (χ4v) is 4.57. The number of aryl methyl sites for hydroxylation is 1. The molecule has 5 nitrogen and oxygen atoms in total. The van der Waals surface area contributed by atoms with Crippen LogP contribution in [0.3, 0.4) is 0 Å². The van der Waals surface area contributed by atoms with E-state index in [1.54, 1.807) is 7.05 Å². The number of carbonyl (C=O) groups is 2. The van der Waals surface area contributed by atoms with E-state index in [0.29, 0.717) is 5.92 Å². The number of likely N-dealkylation sites (N-methyl/N-ethyl adjacent to an activating group) is 1. The van der Waals surface area contributed by atoms with E-state index >= 15 is 0 Å². The fraction of sp³-hybridized carbons (Fsp3) is 0.636. The Morgan fingerprint density at radius 3 is 2.59 bits per heavy atom. The Morgan fingerprint density at radius 2 is 1.93 bits per heavy atom. The van der Waals surface area contributed by atoms with Crippen LogP contribution >= 0.6 is 0 Å². The van der Waals surface area contributed by atoms with Crippen LogP contribution in [0.5, 0.6) is 0 Å². The van der Waals surface area contributed by atoms with Crippen molar-refractivity contribution >= 4 is 11.8 Å². The number of hydrogen-bond acceptors (Lipinski definition) is 3. The number of benzene rings is 1. The van der Waals surface area contributed by atoms with Gasteiger partial charge in [-0.2, -0.15) is 0 Å². The van der Waals surface area contributed by atoms with E-state index in [1.165, 1.54) is 5.56 Å². The van der Waals surface area contributed by atoms with Crippen molar-refractivity contribution in [3.63, 3.8) is 0 Å². The van der Waals surface area contributed by atoms with Gasteiger partial charge in [0.15, 0.2) is 0 Å². The van der Waals surface area contributed by atoms with Crippen LogP contribution in [0.25, 0.3) is 0 Å². The Bertz CT molecular complexity index is 661. The number of rotatable bonds is 8. The molecule has 3 atom stereocenters. The molecule has 0 bridgehead atoms. The molecular weight excluding hydrogens is 338 g/mol. The Morgan fingerprint density at radius 1 is 1.19 bits per heavy atom. The Hall–Kier alpha value is -1.88. The van der Waals surface area contributed by atoms with Crippen LogP contribution < -0.4 is 10.6 Å². The minimum Gasteiger partial charge on any atom is -0.358 e. The molecule has 3 rings (SSSR count). The summed E-state index contributed by atoms with van der Waals surface area (Å²) < 4.78 is 0. The monoisotopic (exact) mass is 371 g/mol. The third-order valence-electron chi connectivity index (χ3n) is 6.00. The summed E-state index contributed by atoms with van der Waals surface area (Å²) in [7, 11) is 1.70. The van der Waals surface area contributed by atoms with Gasteiger partial charge in [0.2, 0.25) is 11.8 Å². The first-order chi connectivity index (χ1) is 12.9. The number of nitrogens with zero attached hydrogens (tertiary/aromatic N) is 1.